The van der Waals surface area contributed by atoms with Crippen molar-refractivity contribution in [2.24, 2.45) is 17.4 Å². The third-order valence-corrected chi connectivity index (χ3v) is 6.33. The van der Waals surface area contributed by atoms with Gasteiger partial charge in [-0.3, -0.25) is 9.59 Å². The topological polar surface area (TPSA) is 127 Å². The molecule has 1 aliphatic heterocycles. The zero-order chi connectivity index (χ0) is 21.8. The Kier molecular flexibility index (Phi) is 6.34. The molecule has 0 aromatic carbocycles. The first-order valence-corrected chi connectivity index (χ1v) is 11.1. The number of aromatic nitrogens is 2. The first kappa shape index (κ1) is 21.1. The van der Waals surface area contributed by atoms with Crippen molar-refractivity contribution < 1.29 is 9.59 Å². The molecule has 0 radical (unpaired) electrons. The number of pyridine rings is 2. The van der Waals surface area contributed by atoms with Gasteiger partial charge in [-0.25, -0.2) is 9.97 Å². The monoisotopic (exact) mass is 422 g/mol. The largest absolute Gasteiger partial charge is 0.369 e. The number of anilines is 2. The Morgan fingerprint density at radius 2 is 1.74 bits per heavy atom. The maximum atomic E-state index is 12.0. The number of nitrogens with one attached hydrogen (secondary N) is 1. The number of nitrogens with two attached hydrogens (primary N) is 2. The second kappa shape index (κ2) is 9.32. The lowest BCUT2D eigenvalue weighted by molar-refractivity contribution is -0.122. The van der Waals surface area contributed by atoms with Crippen LogP contribution in [-0.2, 0) is 4.79 Å². The molecule has 2 fully saturated rings. The van der Waals surface area contributed by atoms with Gasteiger partial charge in [-0.15, -0.1) is 0 Å². The SMILES string of the molecule is NC(=O)c1cc(-c2ccnc(NC3CCCCC3)c2)nc(N2CCC(C(N)=O)CC2)c1. The summed E-state index contributed by atoms with van der Waals surface area (Å²) in [5, 5.41) is 3.54. The summed E-state index contributed by atoms with van der Waals surface area (Å²) in [4.78, 5) is 34.8. The number of carbonyl (C=O) groups is 2. The summed E-state index contributed by atoms with van der Waals surface area (Å²) in [7, 11) is 0. The molecule has 31 heavy (non-hydrogen) atoms. The average molecular weight is 423 g/mol. The summed E-state index contributed by atoms with van der Waals surface area (Å²) in [5.74, 6) is 0.650. The molecular weight excluding hydrogens is 392 g/mol. The van der Waals surface area contributed by atoms with Crippen molar-refractivity contribution >= 4 is 23.5 Å². The van der Waals surface area contributed by atoms with Gasteiger partial charge in [0.1, 0.15) is 11.6 Å². The number of piperidine rings is 1. The van der Waals surface area contributed by atoms with E-state index in [9.17, 15) is 9.59 Å². The molecule has 3 heterocycles. The van der Waals surface area contributed by atoms with Crippen LogP contribution in [0.3, 0.4) is 0 Å². The standard InChI is InChI=1S/C23H30N6O2/c24-22(30)15-7-10-29(11-8-15)21-14-17(23(25)31)12-19(28-21)16-6-9-26-20(13-16)27-18-4-2-1-3-5-18/h6,9,12-15,18H,1-5,7-8,10-11H2,(H2,24,30)(H2,25,31)(H,26,27). The number of carbonyl (C=O) groups excluding carboxylic acids is 2. The molecule has 5 N–H and O–H groups in total. The van der Waals surface area contributed by atoms with Gasteiger partial charge < -0.3 is 21.7 Å². The molecule has 8 heteroatoms. The van der Waals surface area contributed by atoms with Gasteiger partial charge in [0.05, 0.1) is 5.69 Å². The quantitative estimate of drug-likeness (QED) is 0.657. The zero-order valence-electron chi connectivity index (χ0n) is 17.7. The molecule has 8 nitrogen and oxygen atoms in total. The Morgan fingerprint density at radius 1 is 1.00 bits per heavy atom. The van der Waals surface area contributed by atoms with E-state index in [1.54, 1.807) is 18.3 Å². The van der Waals surface area contributed by atoms with Gasteiger partial charge in [0.2, 0.25) is 11.8 Å². The molecule has 4 rings (SSSR count). The molecular formula is C23H30N6O2. The van der Waals surface area contributed by atoms with E-state index < -0.39 is 5.91 Å². The minimum atomic E-state index is -0.494. The van der Waals surface area contributed by atoms with Crippen molar-refractivity contribution in [1.29, 1.82) is 0 Å². The average Bonchev–Trinajstić information content (AvgIpc) is 2.79. The maximum Gasteiger partial charge on any atom is 0.248 e. The summed E-state index contributed by atoms with van der Waals surface area (Å²) in [6.07, 6.45) is 9.23. The van der Waals surface area contributed by atoms with Crippen LogP contribution in [0.4, 0.5) is 11.6 Å². The van der Waals surface area contributed by atoms with E-state index >= 15 is 0 Å². The number of hydrogen-bond donors (Lipinski definition) is 3. The Hall–Kier alpha value is -3.16. The van der Waals surface area contributed by atoms with E-state index in [0.29, 0.717) is 49.0 Å². The highest BCUT2D eigenvalue weighted by atomic mass is 16.1. The van der Waals surface area contributed by atoms with Crippen LogP contribution in [0, 0.1) is 5.92 Å². The Labute approximate surface area is 182 Å². The highest BCUT2D eigenvalue weighted by molar-refractivity contribution is 5.94. The number of primary amides is 2. The minimum absolute atomic E-state index is 0.108. The molecule has 0 bridgehead atoms. The summed E-state index contributed by atoms with van der Waals surface area (Å²) < 4.78 is 0. The highest BCUT2D eigenvalue weighted by Crippen LogP contribution is 2.28. The van der Waals surface area contributed by atoms with Crippen molar-refractivity contribution in [2.75, 3.05) is 23.3 Å². The number of rotatable bonds is 6. The number of nitrogens with zero attached hydrogens (tertiary/aromatic N) is 3. The second-order valence-electron chi connectivity index (χ2n) is 8.54. The highest BCUT2D eigenvalue weighted by Gasteiger charge is 2.25. The third kappa shape index (κ3) is 5.13. The molecule has 2 amide bonds. The fraction of sp³-hybridized carbons (Fsp3) is 0.478. The van der Waals surface area contributed by atoms with Gasteiger partial charge in [-0.1, -0.05) is 19.3 Å². The van der Waals surface area contributed by atoms with Crippen LogP contribution in [0.25, 0.3) is 11.3 Å². The van der Waals surface area contributed by atoms with Crippen molar-refractivity contribution in [1.82, 2.24) is 9.97 Å². The first-order chi connectivity index (χ1) is 15.0. The molecule has 164 valence electrons. The van der Waals surface area contributed by atoms with Crippen molar-refractivity contribution in [3.63, 3.8) is 0 Å². The van der Waals surface area contributed by atoms with Gasteiger partial charge in [0.15, 0.2) is 0 Å². The Morgan fingerprint density at radius 3 is 2.42 bits per heavy atom. The van der Waals surface area contributed by atoms with Crippen LogP contribution in [0.15, 0.2) is 30.5 Å². The third-order valence-electron chi connectivity index (χ3n) is 6.33. The molecule has 2 aromatic rings. The van der Waals surface area contributed by atoms with E-state index in [0.717, 1.165) is 24.2 Å². The lowest BCUT2D eigenvalue weighted by atomic mass is 9.95. The van der Waals surface area contributed by atoms with Gasteiger partial charge in [0.25, 0.3) is 0 Å². The molecule has 2 aromatic heterocycles. The fourth-order valence-corrected chi connectivity index (χ4v) is 4.49. The summed E-state index contributed by atoms with van der Waals surface area (Å²) in [6, 6.07) is 7.76. The smallest absolute Gasteiger partial charge is 0.248 e. The van der Waals surface area contributed by atoms with Crippen LogP contribution in [-0.4, -0.2) is 40.9 Å². The van der Waals surface area contributed by atoms with Crippen LogP contribution in [0.5, 0.6) is 0 Å². The minimum Gasteiger partial charge on any atom is -0.369 e. The number of amides is 2. The van der Waals surface area contributed by atoms with Gasteiger partial charge in [-0.05, 0) is 49.9 Å². The fourth-order valence-electron chi connectivity index (χ4n) is 4.49. The second-order valence-corrected chi connectivity index (χ2v) is 8.54. The normalized spacial score (nSPS) is 18.0. The first-order valence-electron chi connectivity index (χ1n) is 11.1. The molecule has 0 atom stereocenters. The molecule has 0 spiro atoms. The Balaban J connectivity index is 1.58. The predicted octanol–water partition coefficient (Wildman–Crippen LogP) is 2.69. The van der Waals surface area contributed by atoms with Crippen molar-refractivity contribution in [3.8, 4) is 11.3 Å². The van der Waals surface area contributed by atoms with Gasteiger partial charge in [0, 0.05) is 42.4 Å². The van der Waals surface area contributed by atoms with Crippen LogP contribution < -0.4 is 21.7 Å². The lowest BCUT2D eigenvalue weighted by Crippen LogP contribution is -2.39. The zero-order valence-corrected chi connectivity index (χ0v) is 17.7. The van der Waals surface area contributed by atoms with E-state index in [4.69, 9.17) is 16.5 Å². The van der Waals surface area contributed by atoms with E-state index in [-0.39, 0.29) is 11.8 Å². The van der Waals surface area contributed by atoms with E-state index in [1.165, 1.54) is 19.3 Å². The van der Waals surface area contributed by atoms with E-state index in [1.807, 2.05) is 12.1 Å². The number of hydrogen-bond acceptors (Lipinski definition) is 6. The summed E-state index contributed by atoms with van der Waals surface area (Å²) >= 11 is 0. The van der Waals surface area contributed by atoms with Crippen LogP contribution >= 0.6 is 0 Å². The molecule has 0 unspecified atom stereocenters. The summed E-state index contributed by atoms with van der Waals surface area (Å²) in [6.45, 7) is 1.32. The predicted molar refractivity (Wildman–Crippen MR) is 121 cm³/mol. The van der Waals surface area contributed by atoms with Gasteiger partial charge in [-0.2, -0.15) is 0 Å². The van der Waals surface area contributed by atoms with Crippen molar-refractivity contribution in [3.05, 3.63) is 36.0 Å². The maximum absolute atomic E-state index is 12.0. The van der Waals surface area contributed by atoms with Crippen LogP contribution in [0.1, 0.15) is 55.3 Å². The molecule has 1 aliphatic carbocycles. The molecule has 1 saturated carbocycles. The van der Waals surface area contributed by atoms with Crippen molar-refractivity contribution in [2.45, 2.75) is 51.0 Å². The molecule has 1 saturated heterocycles. The van der Waals surface area contributed by atoms with Crippen LogP contribution in [0.2, 0.25) is 0 Å². The van der Waals surface area contributed by atoms with Gasteiger partial charge >= 0.3 is 0 Å². The molecule has 2 aliphatic rings. The Bertz CT molecular complexity index is 949. The summed E-state index contributed by atoms with van der Waals surface area (Å²) in [5.41, 5.74) is 13.0. The lowest BCUT2D eigenvalue weighted by Gasteiger charge is -2.31. The van der Waals surface area contributed by atoms with E-state index in [2.05, 4.69) is 15.2 Å².